The lowest BCUT2D eigenvalue weighted by Crippen LogP contribution is -2.40. The van der Waals surface area contributed by atoms with Gasteiger partial charge < -0.3 is 19.2 Å². The summed E-state index contributed by atoms with van der Waals surface area (Å²) in [5, 5.41) is 3.92. The third-order valence-electron chi connectivity index (χ3n) is 8.81. The van der Waals surface area contributed by atoms with Crippen LogP contribution in [0.5, 0.6) is 0 Å². The Labute approximate surface area is 261 Å². The van der Waals surface area contributed by atoms with Crippen molar-refractivity contribution in [2.75, 3.05) is 37.7 Å². The molecule has 2 aromatic heterocycles. The third-order valence-corrected chi connectivity index (χ3v) is 10.0. The summed E-state index contributed by atoms with van der Waals surface area (Å²) in [4.78, 5) is 28.9. The van der Waals surface area contributed by atoms with Crippen molar-refractivity contribution in [3.05, 3.63) is 88.9 Å². The monoisotopic (exact) mass is 630 g/mol. The summed E-state index contributed by atoms with van der Waals surface area (Å²) in [6, 6.07) is 17.3. The number of benzene rings is 3. The number of furan rings is 1. The highest BCUT2D eigenvalue weighted by Gasteiger charge is 2.32. The number of carbonyl (C=O) groups is 2. The van der Waals surface area contributed by atoms with E-state index in [2.05, 4.69) is 5.32 Å². The van der Waals surface area contributed by atoms with Crippen LogP contribution in [-0.2, 0) is 17.1 Å². The van der Waals surface area contributed by atoms with Gasteiger partial charge in [-0.3, -0.25) is 13.9 Å². The smallest absolute Gasteiger partial charge is 0.270 e. The largest absolute Gasteiger partial charge is 0.455 e. The molecular weight excluding hydrogens is 595 g/mol. The highest BCUT2D eigenvalue weighted by molar-refractivity contribution is 7.92. The Balaban J connectivity index is 1.46. The number of likely N-dealkylation sites (tertiary alicyclic amines) is 1. The van der Waals surface area contributed by atoms with Crippen molar-refractivity contribution in [3.8, 4) is 11.3 Å². The first-order valence-corrected chi connectivity index (χ1v) is 16.6. The zero-order valence-electron chi connectivity index (χ0n) is 25.8. The molecule has 1 atom stereocenters. The number of aryl methyl sites for hydroxylation is 2. The molecule has 3 heterocycles. The summed E-state index contributed by atoms with van der Waals surface area (Å²) < 4.78 is 48.8. The SMILES string of the molecule is CNC(=O)c1c(-c2ccc(C)cc2)oc2cc(N(C)S(C)(=O)=O)c([C@H]3CCCN(C(=O)c4cc5cc(F)ccc5n4C)C3)cc12. The van der Waals surface area contributed by atoms with E-state index in [1.807, 2.05) is 37.3 Å². The van der Waals surface area contributed by atoms with Gasteiger partial charge in [-0.25, -0.2) is 12.8 Å². The van der Waals surface area contributed by atoms with Gasteiger partial charge >= 0.3 is 0 Å². The first-order chi connectivity index (χ1) is 21.4. The van der Waals surface area contributed by atoms with Crippen LogP contribution in [0.1, 0.15) is 50.7 Å². The van der Waals surface area contributed by atoms with E-state index in [4.69, 9.17) is 4.42 Å². The van der Waals surface area contributed by atoms with Gasteiger partial charge in [-0.15, -0.1) is 0 Å². The van der Waals surface area contributed by atoms with Gasteiger partial charge in [-0.05, 0) is 55.7 Å². The summed E-state index contributed by atoms with van der Waals surface area (Å²) >= 11 is 0. The van der Waals surface area contributed by atoms with Gasteiger partial charge in [0, 0.05) is 68.1 Å². The van der Waals surface area contributed by atoms with Crippen molar-refractivity contribution >= 4 is 49.4 Å². The highest BCUT2D eigenvalue weighted by Crippen LogP contribution is 2.42. The molecule has 0 bridgehead atoms. The molecule has 9 nitrogen and oxygen atoms in total. The predicted octanol–water partition coefficient (Wildman–Crippen LogP) is 5.81. The number of rotatable bonds is 6. The van der Waals surface area contributed by atoms with E-state index in [-0.39, 0.29) is 23.5 Å². The standard InChI is InChI=1S/C34H35FN4O5S/c1-20-8-10-21(11-9-20)32-31(33(40)36-2)26-17-25(28(18-30(26)44-32)38(4)45(5,42)43)22-7-6-14-39(19-22)34(41)29-16-23-15-24(35)12-13-27(23)37(29)3/h8-13,15-18,22H,6-7,14,19H2,1-5H3,(H,36,40)/t22-/m0/s1. The fraction of sp³-hybridized carbons (Fsp3) is 0.294. The minimum atomic E-state index is -3.67. The number of fused-ring (bicyclic) bond motifs is 2. The molecule has 3 aromatic carbocycles. The number of sulfonamides is 1. The molecule has 1 saturated heterocycles. The van der Waals surface area contributed by atoms with Gasteiger partial charge in [0.25, 0.3) is 11.8 Å². The van der Waals surface area contributed by atoms with Crippen LogP contribution in [0.2, 0.25) is 0 Å². The number of amides is 2. The van der Waals surface area contributed by atoms with Crippen LogP contribution < -0.4 is 9.62 Å². The van der Waals surface area contributed by atoms with Crippen LogP contribution >= 0.6 is 0 Å². The van der Waals surface area contributed by atoms with E-state index in [0.29, 0.717) is 70.6 Å². The second-order valence-corrected chi connectivity index (χ2v) is 13.8. The minimum Gasteiger partial charge on any atom is -0.455 e. The Morgan fingerprint density at radius 2 is 1.80 bits per heavy atom. The summed E-state index contributed by atoms with van der Waals surface area (Å²) in [5.74, 6) is -0.721. The van der Waals surface area contributed by atoms with Gasteiger partial charge in [0.1, 0.15) is 22.9 Å². The lowest BCUT2D eigenvalue weighted by atomic mass is 9.88. The maximum atomic E-state index is 13.9. The normalized spacial score (nSPS) is 15.5. The molecule has 1 fully saturated rings. The Hall–Kier alpha value is -4.64. The number of hydrogen-bond donors (Lipinski definition) is 1. The lowest BCUT2D eigenvalue weighted by molar-refractivity contribution is 0.0698. The van der Waals surface area contributed by atoms with Crippen molar-refractivity contribution in [3.63, 3.8) is 0 Å². The van der Waals surface area contributed by atoms with Crippen LogP contribution in [-0.4, -0.2) is 63.1 Å². The molecule has 0 unspecified atom stereocenters. The molecule has 234 valence electrons. The number of halogens is 1. The van der Waals surface area contributed by atoms with E-state index in [0.717, 1.165) is 22.9 Å². The lowest BCUT2D eigenvalue weighted by Gasteiger charge is -2.35. The van der Waals surface area contributed by atoms with Gasteiger partial charge in [0.15, 0.2) is 0 Å². The van der Waals surface area contributed by atoms with Crippen molar-refractivity contribution < 1.29 is 26.8 Å². The van der Waals surface area contributed by atoms with E-state index in [1.165, 1.54) is 23.5 Å². The molecule has 1 aliphatic heterocycles. The Kier molecular flexibility index (Phi) is 7.68. The number of nitrogens with zero attached hydrogens (tertiary/aromatic N) is 3. The molecule has 5 aromatic rings. The number of aromatic nitrogens is 1. The maximum absolute atomic E-state index is 13.9. The number of piperidine rings is 1. The molecule has 6 rings (SSSR count). The molecule has 1 N–H and O–H groups in total. The van der Waals surface area contributed by atoms with E-state index in [9.17, 15) is 22.4 Å². The van der Waals surface area contributed by atoms with Gasteiger partial charge in [0.2, 0.25) is 10.0 Å². The molecule has 2 amide bonds. The summed E-state index contributed by atoms with van der Waals surface area (Å²) in [5.41, 5.74) is 4.84. The van der Waals surface area contributed by atoms with E-state index < -0.39 is 10.0 Å². The Morgan fingerprint density at radius 3 is 2.49 bits per heavy atom. The minimum absolute atomic E-state index is 0.186. The van der Waals surface area contributed by atoms with Crippen LogP contribution in [0, 0.1) is 12.7 Å². The first kappa shape index (κ1) is 30.4. The van der Waals surface area contributed by atoms with Crippen molar-refractivity contribution in [1.82, 2.24) is 14.8 Å². The second-order valence-electron chi connectivity index (χ2n) is 11.8. The van der Waals surface area contributed by atoms with Gasteiger partial charge in [-0.1, -0.05) is 29.8 Å². The number of anilines is 1. The summed E-state index contributed by atoms with van der Waals surface area (Å²) in [7, 11) is 1.16. The van der Waals surface area contributed by atoms with Crippen LogP contribution in [0.25, 0.3) is 33.2 Å². The Morgan fingerprint density at radius 1 is 1.07 bits per heavy atom. The topological polar surface area (TPSA) is 105 Å². The third kappa shape index (κ3) is 5.45. The van der Waals surface area contributed by atoms with Crippen LogP contribution in [0.3, 0.4) is 0 Å². The van der Waals surface area contributed by atoms with Crippen molar-refractivity contribution in [2.24, 2.45) is 7.05 Å². The second kappa shape index (κ2) is 11.4. The summed E-state index contributed by atoms with van der Waals surface area (Å²) in [6.07, 6.45) is 2.53. The zero-order chi connectivity index (χ0) is 32.2. The Bertz CT molecular complexity index is 2080. The van der Waals surface area contributed by atoms with Crippen molar-refractivity contribution in [1.29, 1.82) is 0 Å². The fourth-order valence-corrected chi connectivity index (χ4v) is 6.80. The molecule has 11 heteroatoms. The zero-order valence-corrected chi connectivity index (χ0v) is 26.7. The van der Waals surface area contributed by atoms with Gasteiger partial charge in [-0.2, -0.15) is 0 Å². The predicted molar refractivity (Wildman–Crippen MR) is 174 cm³/mol. The van der Waals surface area contributed by atoms with E-state index >= 15 is 0 Å². The highest BCUT2D eigenvalue weighted by atomic mass is 32.2. The molecule has 0 radical (unpaired) electrons. The van der Waals surface area contributed by atoms with Crippen LogP contribution in [0.15, 0.2) is 65.1 Å². The number of carbonyl (C=O) groups excluding carboxylic acids is 2. The summed E-state index contributed by atoms with van der Waals surface area (Å²) in [6.45, 7) is 2.83. The molecule has 1 aliphatic rings. The average molecular weight is 631 g/mol. The molecule has 0 aliphatic carbocycles. The van der Waals surface area contributed by atoms with Crippen LogP contribution in [0.4, 0.5) is 10.1 Å². The molecular formula is C34H35FN4O5S. The average Bonchev–Trinajstić information content (AvgIpc) is 3.56. The molecule has 0 spiro atoms. The quantitative estimate of drug-likeness (QED) is 0.255. The number of hydrogen-bond acceptors (Lipinski definition) is 5. The van der Waals surface area contributed by atoms with Gasteiger partial charge in [0.05, 0.1) is 17.5 Å². The molecule has 45 heavy (non-hydrogen) atoms. The number of nitrogens with one attached hydrogen (secondary N) is 1. The fourth-order valence-electron chi connectivity index (χ4n) is 6.29. The van der Waals surface area contributed by atoms with E-state index in [1.54, 1.807) is 41.8 Å². The van der Waals surface area contributed by atoms with Crippen molar-refractivity contribution in [2.45, 2.75) is 25.7 Å². The maximum Gasteiger partial charge on any atom is 0.270 e. The first-order valence-electron chi connectivity index (χ1n) is 14.7. The molecule has 0 saturated carbocycles.